The van der Waals surface area contributed by atoms with Gasteiger partial charge in [-0.05, 0) is 24.6 Å². The van der Waals surface area contributed by atoms with Crippen molar-refractivity contribution in [1.29, 1.82) is 0 Å². The summed E-state index contributed by atoms with van der Waals surface area (Å²) >= 11 is 11.6. The van der Waals surface area contributed by atoms with Gasteiger partial charge in [0.15, 0.2) is 11.0 Å². The van der Waals surface area contributed by atoms with Crippen molar-refractivity contribution in [3.8, 4) is 0 Å². The van der Waals surface area contributed by atoms with E-state index in [-0.39, 0.29) is 29.8 Å². The Bertz CT molecular complexity index is 518. The molecule has 0 atom stereocenters. The van der Waals surface area contributed by atoms with Crippen LogP contribution in [-0.4, -0.2) is 24.0 Å². The Balaban J connectivity index is 2.44. The number of esters is 1. The van der Waals surface area contributed by atoms with Crippen LogP contribution in [0.2, 0.25) is 5.02 Å². The first-order valence-corrected chi connectivity index (χ1v) is 6.63. The van der Waals surface area contributed by atoms with Gasteiger partial charge in [0.25, 0.3) is 0 Å². The fourth-order valence-corrected chi connectivity index (χ4v) is 1.66. The summed E-state index contributed by atoms with van der Waals surface area (Å²) in [5, 5.41) is 4.14. The van der Waals surface area contributed by atoms with E-state index < -0.39 is 0 Å². The number of ether oxygens (including phenoxy) is 1. The van der Waals surface area contributed by atoms with Crippen molar-refractivity contribution in [1.82, 2.24) is 0 Å². The average molecular weight is 317 g/mol. The average Bonchev–Trinajstić information content (AvgIpc) is 2.44. The van der Waals surface area contributed by atoms with Crippen LogP contribution in [0.1, 0.15) is 19.3 Å². The van der Waals surface area contributed by atoms with Crippen molar-refractivity contribution in [2.24, 2.45) is 5.10 Å². The van der Waals surface area contributed by atoms with Crippen molar-refractivity contribution in [2.45, 2.75) is 19.3 Å². The topological polar surface area (TPSA) is 67.8 Å². The number of carbonyl (C=O) groups is 2. The van der Waals surface area contributed by atoms with Gasteiger partial charge in [-0.25, -0.2) is 0 Å². The second-order valence-corrected chi connectivity index (χ2v) is 4.67. The molecule has 0 aromatic heterocycles. The number of benzene rings is 1. The second-order valence-electron chi connectivity index (χ2n) is 3.88. The zero-order chi connectivity index (χ0) is 15.0. The van der Waals surface area contributed by atoms with E-state index in [9.17, 15) is 9.59 Å². The van der Waals surface area contributed by atoms with Gasteiger partial charge in [-0.15, -0.1) is 0 Å². The number of methoxy groups -OCH3 is 1. The number of Topliss-reactive ketones (excluding diaryl/α,β-unsaturated/α-hetero) is 1. The van der Waals surface area contributed by atoms with Gasteiger partial charge in [-0.3, -0.25) is 15.0 Å². The Labute approximate surface area is 126 Å². The summed E-state index contributed by atoms with van der Waals surface area (Å²) in [6.07, 6.45) is 0.678. The SMILES string of the molecule is COC(=O)CCCC(=O)/C(Cl)=N/Nc1cccc(Cl)c1. The van der Waals surface area contributed by atoms with E-state index in [2.05, 4.69) is 15.3 Å². The van der Waals surface area contributed by atoms with E-state index in [0.29, 0.717) is 17.1 Å². The Morgan fingerprint density at radius 3 is 2.75 bits per heavy atom. The third-order valence-electron chi connectivity index (χ3n) is 2.35. The number of anilines is 1. The summed E-state index contributed by atoms with van der Waals surface area (Å²) in [4.78, 5) is 22.5. The molecule has 0 bridgehead atoms. The standard InChI is InChI=1S/C13H14Cl2N2O3/c1-20-12(19)7-3-6-11(18)13(15)17-16-10-5-2-4-9(14)8-10/h2,4-5,8,16H,3,6-7H2,1H3/b17-13-. The van der Waals surface area contributed by atoms with Crippen molar-refractivity contribution in [2.75, 3.05) is 12.5 Å². The fraction of sp³-hybridized carbons (Fsp3) is 0.308. The molecule has 108 valence electrons. The van der Waals surface area contributed by atoms with E-state index in [1.54, 1.807) is 24.3 Å². The first-order valence-electron chi connectivity index (χ1n) is 5.87. The molecule has 20 heavy (non-hydrogen) atoms. The van der Waals surface area contributed by atoms with E-state index in [1.807, 2.05) is 0 Å². The maximum Gasteiger partial charge on any atom is 0.305 e. The van der Waals surface area contributed by atoms with Crippen LogP contribution >= 0.6 is 23.2 Å². The molecule has 1 aromatic rings. The molecule has 0 aliphatic carbocycles. The Morgan fingerprint density at radius 2 is 2.10 bits per heavy atom. The summed E-state index contributed by atoms with van der Waals surface area (Å²) in [6.45, 7) is 0. The van der Waals surface area contributed by atoms with Crippen LogP contribution in [0, 0.1) is 0 Å². The Morgan fingerprint density at radius 1 is 1.35 bits per heavy atom. The first kappa shape index (κ1) is 16.5. The van der Waals surface area contributed by atoms with Gasteiger partial charge in [-0.1, -0.05) is 29.3 Å². The third kappa shape index (κ3) is 6.04. The number of rotatable bonds is 7. The van der Waals surface area contributed by atoms with Crippen LogP contribution in [0.3, 0.4) is 0 Å². The molecule has 0 spiro atoms. The van der Waals surface area contributed by atoms with Gasteiger partial charge in [0.1, 0.15) is 0 Å². The molecule has 5 nitrogen and oxygen atoms in total. The van der Waals surface area contributed by atoms with Gasteiger partial charge in [0, 0.05) is 17.9 Å². The van der Waals surface area contributed by atoms with Crippen LogP contribution in [0.25, 0.3) is 0 Å². The summed E-state index contributed by atoms with van der Waals surface area (Å²) in [5.41, 5.74) is 3.26. The first-order chi connectivity index (χ1) is 9.52. The maximum atomic E-state index is 11.6. The minimum absolute atomic E-state index is 0.134. The normalized spacial score (nSPS) is 11.1. The quantitative estimate of drug-likeness (QED) is 0.476. The van der Waals surface area contributed by atoms with Gasteiger partial charge >= 0.3 is 5.97 Å². The zero-order valence-corrected chi connectivity index (χ0v) is 12.4. The molecule has 1 aromatic carbocycles. The number of ketones is 1. The summed E-state index contributed by atoms with van der Waals surface area (Å²) < 4.78 is 4.47. The minimum atomic E-state index is -0.358. The lowest BCUT2D eigenvalue weighted by Gasteiger charge is -2.02. The molecule has 0 radical (unpaired) electrons. The highest BCUT2D eigenvalue weighted by Crippen LogP contribution is 2.15. The molecule has 0 unspecified atom stereocenters. The molecule has 1 N–H and O–H groups in total. The number of halogens is 2. The van der Waals surface area contributed by atoms with Gasteiger partial charge in [-0.2, -0.15) is 5.10 Å². The van der Waals surface area contributed by atoms with Crippen LogP contribution in [0.15, 0.2) is 29.4 Å². The maximum absolute atomic E-state index is 11.6. The molecule has 0 fully saturated rings. The number of nitrogens with zero attached hydrogens (tertiary/aromatic N) is 1. The lowest BCUT2D eigenvalue weighted by Crippen LogP contribution is -2.10. The number of hydrogen-bond acceptors (Lipinski definition) is 5. The van der Waals surface area contributed by atoms with Gasteiger partial charge < -0.3 is 4.74 Å². The smallest absolute Gasteiger partial charge is 0.305 e. The van der Waals surface area contributed by atoms with Crippen LogP contribution in [-0.2, 0) is 14.3 Å². The summed E-state index contributed by atoms with van der Waals surface area (Å²) in [7, 11) is 1.30. The fourth-order valence-electron chi connectivity index (χ4n) is 1.33. The van der Waals surface area contributed by atoms with Gasteiger partial charge in [0.05, 0.1) is 12.8 Å². The molecule has 0 amide bonds. The van der Waals surface area contributed by atoms with Gasteiger partial charge in [0.2, 0.25) is 0 Å². The van der Waals surface area contributed by atoms with E-state index in [4.69, 9.17) is 23.2 Å². The molecular formula is C13H14Cl2N2O3. The number of hydrazone groups is 1. The molecule has 1 rings (SSSR count). The Hall–Kier alpha value is -1.59. The lowest BCUT2D eigenvalue weighted by atomic mass is 10.2. The molecule has 7 heteroatoms. The van der Waals surface area contributed by atoms with Crippen molar-refractivity contribution >= 4 is 45.8 Å². The van der Waals surface area contributed by atoms with Crippen LogP contribution < -0.4 is 5.43 Å². The van der Waals surface area contributed by atoms with E-state index in [0.717, 1.165) is 0 Å². The van der Waals surface area contributed by atoms with Crippen molar-refractivity contribution in [3.63, 3.8) is 0 Å². The second kappa shape index (κ2) is 8.55. The highest BCUT2D eigenvalue weighted by atomic mass is 35.5. The monoisotopic (exact) mass is 316 g/mol. The third-order valence-corrected chi connectivity index (χ3v) is 2.88. The molecule has 0 saturated carbocycles. The van der Waals surface area contributed by atoms with Crippen molar-refractivity contribution in [3.05, 3.63) is 29.3 Å². The number of hydrogen-bond donors (Lipinski definition) is 1. The molecule has 0 saturated heterocycles. The zero-order valence-electron chi connectivity index (χ0n) is 10.9. The highest BCUT2D eigenvalue weighted by Gasteiger charge is 2.10. The number of carbonyl (C=O) groups excluding carboxylic acids is 2. The van der Waals surface area contributed by atoms with Crippen molar-refractivity contribution < 1.29 is 14.3 Å². The predicted octanol–water partition coefficient (Wildman–Crippen LogP) is 3.22. The summed E-state index contributed by atoms with van der Waals surface area (Å²) in [6, 6.07) is 6.85. The molecule has 0 aliphatic heterocycles. The van der Waals surface area contributed by atoms with Crippen LogP contribution in [0.4, 0.5) is 5.69 Å². The minimum Gasteiger partial charge on any atom is -0.469 e. The number of nitrogens with one attached hydrogen (secondary N) is 1. The molecule has 0 heterocycles. The predicted molar refractivity (Wildman–Crippen MR) is 79.2 cm³/mol. The molecule has 0 aliphatic rings. The lowest BCUT2D eigenvalue weighted by molar-refractivity contribution is -0.140. The Kier molecular flexibility index (Phi) is 7.04. The van der Waals surface area contributed by atoms with E-state index >= 15 is 0 Å². The van der Waals surface area contributed by atoms with Crippen LogP contribution in [0.5, 0.6) is 0 Å². The molecular weight excluding hydrogens is 303 g/mol. The van der Waals surface area contributed by atoms with E-state index in [1.165, 1.54) is 7.11 Å². The highest BCUT2D eigenvalue weighted by molar-refractivity contribution is 6.83. The largest absolute Gasteiger partial charge is 0.469 e. The summed E-state index contributed by atoms with van der Waals surface area (Å²) in [5.74, 6) is -0.701.